The maximum absolute atomic E-state index is 15.7. The second-order valence-electron chi connectivity index (χ2n) is 12.0. The van der Waals surface area contributed by atoms with Gasteiger partial charge in [0.2, 0.25) is 5.88 Å². The van der Waals surface area contributed by atoms with Crippen LogP contribution in [-0.2, 0) is 23.2 Å². The van der Waals surface area contributed by atoms with Crippen LogP contribution in [0, 0.1) is 17.2 Å². The Hall–Kier alpha value is -3.12. The van der Waals surface area contributed by atoms with Gasteiger partial charge in [0.05, 0.1) is 23.7 Å². The number of aryl methyl sites for hydroxylation is 1. The molecular formula is C32H33ClFNO4. The highest BCUT2D eigenvalue weighted by Gasteiger charge is 2.63. The SMILES string of the molecule is COc1ccc(Cl)c(-c2ccc(COc3ccc4c(c3F)[C@]3(CC4)C[C@H]3C(=O)O)cc2[C@@H]2CCCC2(C)C)n1. The van der Waals surface area contributed by atoms with Crippen LogP contribution in [0.2, 0.25) is 5.02 Å². The smallest absolute Gasteiger partial charge is 0.307 e. The van der Waals surface area contributed by atoms with E-state index >= 15 is 4.39 Å². The van der Waals surface area contributed by atoms with E-state index in [4.69, 9.17) is 21.1 Å². The van der Waals surface area contributed by atoms with Crippen molar-refractivity contribution in [2.75, 3.05) is 7.11 Å². The van der Waals surface area contributed by atoms with Gasteiger partial charge in [-0.05, 0) is 72.3 Å². The number of ether oxygens (including phenoxy) is 2. The van der Waals surface area contributed by atoms with Gasteiger partial charge >= 0.3 is 5.97 Å². The molecule has 2 fully saturated rings. The molecule has 6 rings (SSSR count). The zero-order chi connectivity index (χ0) is 27.5. The van der Waals surface area contributed by atoms with Crippen LogP contribution in [0.1, 0.15) is 74.1 Å². The lowest BCUT2D eigenvalue weighted by Gasteiger charge is -2.29. The Bertz CT molecular complexity index is 1470. The average Bonchev–Trinajstić information content (AvgIpc) is 3.36. The van der Waals surface area contributed by atoms with E-state index in [0.717, 1.165) is 41.5 Å². The second kappa shape index (κ2) is 9.51. The monoisotopic (exact) mass is 549 g/mol. The maximum Gasteiger partial charge on any atom is 0.307 e. The molecule has 1 N–H and O–H groups in total. The van der Waals surface area contributed by atoms with Crippen LogP contribution in [0.5, 0.6) is 11.6 Å². The molecule has 5 nitrogen and oxygen atoms in total. The Morgan fingerprint density at radius 2 is 2.00 bits per heavy atom. The zero-order valence-electron chi connectivity index (χ0n) is 22.5. The number of carbonyl (C=O) groups is 1. The molecule has 2 saturated carbocycles. The molecule has 0 aliphatic heterocycles. The summed E-state index contributed by atoms with van der Waals surface area (Å²) >= 11 is 6.62. The van der Waals surface area contributed by atoms with Crippen LogP contribution in [0.15, 0.2) is 42.5 Å². The molecule has 7 heteroatoms. The van der Waals surface area contributed by atoms with Crippen molar-refractivity contribution in [2.45, 2.75) is 70.3 Å². The van der Waals surface area contributed by atoms with E-state index in [2.05, 4.69) is 24.9 Å². The lowest BCUT2D eigenvalue weighted by atomic mass is 9.75. The van der Waals surface area contributed by atoms with Gasteiger partial charge in [-0.25, -0.2) is 9.37 Å². The van der Waals surface area contributed by atoms with Gasteiger partial charge < -0.3 is 14.6 Å². The van der Waals surface area contributed by atoms with Gasteiger partial charge in [0.25, 0.3) is 0 Å². The summed E-state index contributed by atoms with van der Waals surface area (Å²) in [4.78, 5) is 16.3. The molecule has 3 aliphatic carbocycles. The first-order chi connectivity index (χ1) is 18.6. The molecule has 1 heterocycles. The predicted molar refractivity (Wildman–Crippen MR) is 148 cm³/mol. The number of carboxylic acid groups (broad SMARTS) is 1. The number of aromatic nitrogens is 1. The average molecular weight is 550 g/mol. The van der Waals surface area contributed by atoms with Crippen molar-refractivity contribution in [2.24, 2.45) is 11.3 Å². The Kier molecular flexibility index (Phi) is 6.37. The van der Waals surface area contributed by atoms with Gasteiger partial charge in [-0.1, -0.05) is 56.1 Å². The summed E-state index contributed by atoms with van der Waals surface area (Å²) in [5.41, 5.74) is 4.75. The minimum Gasteiger partial charge on any atom is -0.486 e. The van der Waals surface area contributed by atoms with Gasteiger partial charge in [-0.2, -0.15) is 0 Å². The highest BCUT2D eigenvalue weighted by atomic mass is 35.5. The number of methoxy groups -OCH3 is 1. The normalized spacial score (nSPS) is 24.5. The second-order valence-corrected chi connectivity index (χ2v) is 12.4. The summed E-state index contributed by atoms with van der Waals surface area (Å²) in [6.07, 6.45) is 5.24. The highest BCUT2D eigenvalue weighted by molar-refractivity contribution is 6.33. The van der Waals surface area contributed by atoms with Gasteiger partial charge in [0.15, 0.2) is 11.6 Å². The van der Waals surface area contributed by atoms with Gasteiger partial charge in [0, 0.05) is 22.6 Å². The summed E-state index contributed by atoms with van der Waals surface area (Å²) in [6.45, 7) is 4.80. The van der Waals surface area contributed by atoms with Crippen LogP contribution < -0.4 is 9.47 Å². The van der Waals surface area contributed by atoms with Gasteiger partial charge in [0.1, 0.15) is 6.61 Å². The van der Waals surface area contributed by atoms with Crippen LogP contribution in [-0.4, -0.2) is 23.2 Å². The largest absolute Gasteiger partial charge is 0.486 e. The molecule has 1 spiro atoms. The fraction of sp³-hybridized carbons (Fsp3) is 0.438. The number of carboxylic acids is 1. The van der Waals surface area contributed by atoms with Crippen LogP contribution in [0.3, 0.4) is 0 Å². The molecule has 1 aromatic heterocycles. The molecule has 2 aromatic carbocycles. The molecule has 3 aromatic rings. The summed E-state index contributed by atoms with van der Waals surface area (Å²) in [5.74, 6) is -0.766. The Morgan fingerprint density at radius 1 is 1.18 bits per heavy atom. The lowest BCUT2D eigenvalue weighted by molar-refractivity contribution is -0.139. The molecule has 0 amide bonds. The number of hydrogen-bond donors (Lipinski definition) is 1. The van der Waals surface area contributed by atoms with E-state index in [0.29, 0.717) is 47.3 Å². The minimum absolute atomic E-state index is 0.116. The fourth-order valence-electron chi connectivity index (χ4n) is 7.12. The predicted octanol–water partition coefficient (Wildman–Crippen LogP) is 7.71. The standard InChI is InChI=1S/C32H33ClFNO4/c1-31(2)13-4-5-22(31)21-15-18(6-8-20(21)29-24(33)9-11-26(35-29)38-3)17-39-25-10-7-19-12-14-32(27(19)28(25)34)16-23(32)30(36)37/h6-11,15,22-23H,4-5,12-14,16-17H2,1-3H3,(H,36,37)/t22-,23-,32+/m0/s1. The summed E-state index contributed by atoms with van der Waals surface area (Å²) < 4.78 is 27.2. The first-order valence-electron chi connectivity index (χ1n) is 13.7. The molecule has 3 aliphatic rings. The number of halogens is 2. The van der Waals surface area contributed by atoms with Crippen molar-refractivity contribution in [3.05, 3.63) is 75.6 Å². The number of nitrogens with zero attached hydrogens (tertiary/aromatic N) is 1. The number of rotatable bonds is 7. The fourth-order valence-corrected chi connectivity index (χ4v) is 7.32. The third-order valence-electron chi connectivity index (χ3n) is 9.33. The third kappa shape index (κ3) is 4.37. The first kappa shape index (κ1) is 26.1. The number of pyridine rings is 1. The van der Waals surface area contributed by atoms with Gasteiger partial charge in [-0.3, -0.25) is 4.79 Å². The molecule has 0 bridgehead atoms. The first-order valence-corrected chi connectivity index (χ1v) is 14.0. The summed E-state index contributed by atoms with van der Waals surface area (Å²) in [6, 6.07) is 13.3. The molecule has 204 valence electrons. The quantitative estimate of drug-likeness (QED) is 0.327. The van der Waals surface area contributed by atoms with E-state index in [1.807, 2.05) is 24.3 Å². The van der Waals surface area contributed by atoms with Crippen molar-refractivity contribution < 1.29 is 23.8 Å². The van der Waals surface area contributed by atoms with E-state index in [9.17, 15) is 9.90 Å². The molecule has 0 radical (unpaired) electrons. The van der Waals surface area contributed by atoms with Gasteiger partial charge in [-0.15, -0.1) is 0 Å². The number of fused-ring (bicyclic) bond motifs is 2. The minimum atomic E-state index is -0.846. The number of aliphatic carboxylic acids is 1. The van der Waals surface area contributed by atoms with E-state index in [1.165, 1.54) is 0 Å². The van der Waals surface area contributed by atoms with E-state index in [-0.39, 0.29) is 17.8 Å². The van der Waals surface area contributed by atoms with Crippen molar-refractivity contribution in [1.29, 1.82) is 0 Å². The summed E-state index contributed by atoms with van der Waals surface area (Å²) in [7, 11) is 1.59. The number of hydrogen-bond acceptors (Lipinski definition) is 4. The molecular weight excluding hydrogens is 517 g/mol. The molecule has 0 saturated heterocycles. The van der Waals surface area contributed by atoms with Crippen molar-refractivity contribution >= 4 is 17.6 Å². The third-order valence-corrected chi connectivity index (χ3v) is 9.64. The van der Waals surface area contributed by atoms with E-state index in [1.54, 1.807) is 19.2 Å². The molecule has 0 unspecified atom stereocenters. The molecule has 3 atom stereocenters. The Labute approximate surface area is 233 Å². The van der Waals surface area contributed by atoms with Crippen molar-refractivity contribution in [1.82, 2.24) is 4.98 Å². The van der Waals surface area contributed by atoms with E-state index < -0.39 is 23.1 Å². The topological polar surface area (TPSA) is 68.7 Å². The van der Waals surface area contributed by atoms with Crippen LogP contribution in [0.4, 0.5) is 4.39 Å². The Morgan fingerprint density at radius 3 is 2.69 bits per heavy atom. The Balaban J connectivity index is 1.33. The van der Waals surface area contributed by atoms with Crippen molar-refractivity contribution in [3.8, 4) is 22.9 Å². The maximum atomic E-state index is 15.7. The summed E-state index contributed by atoms with van der Waals surface area (Å²) in [5, 5.41) is 10.1. The lowest BCUT2D eigenvalue weighted by Crippen LogP contribution is -2.17. The zero-order valence-corrected chi connectivity index (χ0v) is 23.3. The highest BCUT2D eigenvalue weighted by Crippen LogP contribution is 2.63. The number of benzene rings is 2. The van der Waals surface area contributed by atoms with Crippen molar-refractivity contribution in [3.63, 3.8) is 0 Å². The van der Waals surface area contributed by atoms with Crippen LogP contribution >= 0.6 is 11.6 Å². The van der Waals surface area contributed by atoms with Crippen LogP contribution in [0.25, 0.3) is 11.3 Å². The molecule has 39 heavy (non-hydrogen) atoms.